The molecule has 2 heterocycles. The Morgan fingerprint density at radius 1 is 1.09 bits per heavy atom. The molecule has 3 rings (SSSR count). The zero-order valence-corrected chi connectivity index (χ0v) is 25.3. The first kappa shape index (κ1) is 36.9. The Balaban J connectivity index is 0.00000226. The molecule has 45 heavy (non-hydrogen) atoms. The minimum absolute atomic E-state index is 0.0516. The van der Waals surface area contributed by atoms with Crippen molar-refractivity contribution in [2.75, 3.05) is 17.1 Å². The summed E-state index contributed by atoms with van der Waals surface area (Å²) in [5.41, 5.74) is -0.964. The second kappa shape index (κ2) is 17.3. The monoisotopic (exact) mass is 660 g/mol. The lowest BCUT2D eigenvalue weighted by molar-refractivity contribution is -0.137. The number of benzene rings is 1. The van der Waals surface area contributed by atoms with Gasteiger partial charge in [-0.2, -0.15) is 26.3 Å². The van der Waals surface area contributed by atoms with E-state index in [1.165, 1.54) is 24.8 Å². The normalized spacial score (nSPS) is 12.7. The number of aliphatic imine (C=N–C) groups is 1. The van der Waals surface area contributed by atoms with Crippen LogP contribution in [0.25, 0.3) is 11.3 Å². The van der Waals surface area contributed by atoms with E-state index in [4.69, 9.17) is 9.47 Å². The van der Waals surface area contributed by atoms with Gasteiger partial charge >= 0.3 is 12.4 Å². The first-order chi connectivity index (χ1) is 21.2. The molecule has 0 amide bonds. The molecule has 7 nitrogen and oxygen atoms in total. The van der Waals surface area contributed by atoms with Gasteiger partial charge in [-0.05, 0) is 42.8 Å². The second-order valence-electron chi connectivity index (χ2n) is 9.05. The standard InChI is InChI=1S/C27H23F7N4O3S.C3H8/c1-3-6-20(35-4-2)15-41-25-22(38-42(39)16-26(29,30)31)12-18(13-36-25)24-21(28)9-10-23(37-24)40-14-17-7-5-8-19(11-17)27(32,33)34;1-3-2/h3-13,38H,2,14-16H2,1H3;3H2,1-2H3/b6-3-,35-20?;. The van der Waals surface area contributed by atoms with Gasteiger partial charge in [-0.25, -0.2) is 18.6 Å². The van der Waals surface area contributed by atoms with Gasteiger partial charge in [-0.3, -0.25) is 9.71 Å². The molecule has 1 aromatic carbocycles. The van der Waals surface area contributed by atoms with Gasteiger partial charge < -0.3 is 9.47 Å². The third-order valence-corrected chi connectivity index (χ3v) is 6.11. The number of hydrogen-bond acceptors (Lipinski definition) is 6. The van der Waals surface area contributed by atoms with Crippen LogP contribution < -0.4 is 14.2 Å². The molecular weight excluding hydrogens is 629 g/mol. The van der Waals surface area contributed by atoms with Crippen LogP contribution in [0.1, 0.15) is 38.3 Å². The van der Waals surface area contributed by atoms with Gasteiger partial charge in [-0.1, -0.05) is 45.1 Å². The van der Waals surface area contributed by atoms with E-state index in [2.05, 4.69) is 40.1 Å². The fraction of sp³-hybridized carbons (Fsp3) is 0.300. The average molecular weight is 661 g/mol. The molecule has 0 aliphatic rings. The minimum atomic E-state index is -4.75. The van der Waals surface area contributed by atoms with Crippen LogP contribution in [0.5, 0.6) is 11.8 Å². The average Bonchev–Trinajstić information content (AvgIpc) is 2.95. The van der Waals surface area contributed by atoms with Crippen LogP contribution in [0, 0.1) is 5.82 Å². The lowest BCUT2D eigenvalue weighted by atomic mass is 10.1. The van der Waals surface area contributed by atoms with Crippen molar-refractivity contribution in [1.29, 1.82) is 0 Å². The summed E-state index contributed by atoms with van der Waals surface area (Å²) in [5.74, 6) is -2.97. The number of pyridine rings is 2. The molecule has 1 unspecified atom stereocenters. The number of ether oxygens (including phenoxy) is 2. The molecule has 15 heteroatoms. The summed E-state index contributed by atoms with van der Waals surface area (Å²) in [6.45, 7) is 8.95. The Hall–Kier alpha value is -4.27. The summed E-state index contributed by atoms with van der Waals surface area (Å²) in [4.78, 5) is 12.1. The maximum absolute atomic E-state index is 14.8. The molecule has 2 aromatic heterocycles. The van der Waals surface area contributed by atoms with Crippen LogP contribution in [-0.4, -0.2) is 38.4 Å². The van der Waals surface area contributed by atoms with Crippen LogP contribution in [0.15, 0.2) is 78.6 Å². The van der Waals surface area contributed by atoms with E-state index in [0.717, 1.165) is 36.5 Å². The lowest BCUT2D eigenvalue weighted by Crippen LogP contribution is -2.23. The zero-order chi connectivity index (χ0) is 33.6. The highest BCUT2D eigenvalue weighted by atomic mass is 32.2. The van der Waals surface area contributed by atoms with Crippen LogP contribution in [0.2, 0.25) is 0 Å². The number of allylic oxidation sites excluding steroid dienone is 1. The van der Waals surface area contributed by atoms with Crippen molar-refractivity contribution in [2.45, 2.75) is 46.2 Å². The highest BCUT2D eigenvalue weighted by Gasteiger charge is 2.31. The largest absolute Gasteiger partial charge is 0.473 e. The Kier molecular flexibility index (Phi) is 14.2. The van der Waals surface area contributed by atoms with Crippen molar-refractivity contribution in [3.05, 3.63) is 90.5 Å². The third-order valence-electron chi connectivity index (χ3n) is 5.08. The number of halogens is 7. The Morgan fingerprint density at radius 3 is 2.42 bits per heavy atom. The van der Waals surface area contributed by atoms with Gasteiger partial charge in [0.2, 0.25) is 11.8 Å². The molecule has 0 saturated heterocycles. The number of alkyl halides is 6. The summed E-state index contributed by atoms with van der Waals surface area (Å²) in [6, 6.07) is 7.69. The Morgan fingerprint density at radius 2 is 1.80 bits per heavy atom. The van der Waals surface area contributed by atoms with Crippen molar-refractivity contribution in [1.82, 2.24) is 9.97 Å². The van der Waals surface area contributed by atoms with E-state index in [1.54, 1.807) is 19.1 Å². The molecule has 3 aromatic rings. The van der Waals surface area contributed by atoms with Gasteiger partial charge in [-0.15, -0.1) is 0 Å². The van der Waals surface area contributed by atoms with E-state index in [1.807, 2.05) is 0 Å². The van der Waals surface area contributed by atoms with Crippen molar-refractivity contribution in [2.24, 2.45) is 4.99 Å². The SMILES string of the molecule is C=CN=C(/C=C\C)COc1ncc(-c2nc(OCc3cccc(C(F)(F)F)c3)ccc2F)cc1NS(=O)CC(F)(F)F.CCC. The van der Waals surface area contributed by atoms with E-state index in [-0.39, 0.29) is 47.5 Å². The fourth-order valence-electron chi connectivity index (χ4n) is 3.36. The van der Waals surface area contributed by atoms with Gasteiger partial charge in [0.1, 0.15) is 47.2 Å². The van der Waals surface area contributed by atoms with Crippen molar-refractivity contribution < 1.29 is 44.4 Å². The Bertz CT molecular complexity index is 1510. The lowest BCUT2D eigenvalue weighted by Gasteiger charge is -2.15. The van der Waals surface area contributed by atoms with E-state index in [9.17, 15) is 34.9 Å². The van der Waals surface area contributed by atoms with Crippen LogP contribution in [0.4, 0.5) is 36.4 Å². The first-order valence-electron chi connectivity index (χ1n) is 13.3. The predicted octanol–water partition coefficient (Wildman–Crippen LogP) is 8.47. The number of aromatic nitrogens is 2. The van der Waals surface area contributed by atoms with Gasteiger partial charge in [0.15, 0.2) is 0 Å². The molecule has 0 spiro atoms. The molecule has 0 radical (unpaired) electrons. The minimum Gasteiger partial charge on any atom is -0.473 e. The third kappa shape index (κ3) is 12.7. The molecule has 0 aliphatic heterocycles. The van der Waals surface area contributed by atoms with Crippen LogP contribution in [0.3, 0.4) is 0 Å². The van der Waals surface area contributed by atoms with Crippen LogP contribution >= 0.6 is 0 Å². The maximum atomic E-state index is 14.8. The molecule has 1 N–H and O–H groups in total. The first-order valence-corrected chi connectivity index (χ1v) is 14.6. The number of anilines is 1. The summed E-state index contributed by atoms with van der Waals surface area (Å²) in [7, 11) is -2.65. The van der Waals surface area contributed by atoms with Crippen molar-refractivity contribution in [3.8, 4) is 23.0 Å². The molecule has 0 aliphatic carbocycles. The number of nitrogens with one attached hydrogen (secondary N) is 1. The summed E-state index contributed by atoms with van der Waals surface area (Å²) < 4.78 is 118. The van der Waals surface area contributed by atoms with Crippen molar-refractivity contribution >= 4 is 22.4 Å². The summed E-state index contributed by atoms with van der Waals surface area (Å²) in [5, 5.41) is 0. The highest BCUT2D eigenvalue weighted by Crippen LogP contribution is 2.32. The molecular formula is C30H31F7N4O3S. The fourth-order valence-corrected chi connectivity index (χ4v) is 4.12. The predicted molar refractivity (Wildman–Crippen MR) is 160 cm³/mol. The topological polar surface area (TPSA) is 85.7 Å². The molecule has 0 fully saturated rings. The number of hydrogen-bond donors (Lipinski definition) is 1. The highest BCUT2D eigenvalue weighted by molar-refractivity contribution is 7.86. The van der Waals surface area contributed by atoms with Crippen LogP contribution in [-0.2, 0) is 23.8 Å². The van der Waals surface area contributed by atoms with Gasteiger partial charge in [0, 0.05) is 24.0 Å². The molecule has 0 bridgehead atoms. The Labute approximate surface area is 258 Å². The number of nitrogens with zero attached hydrogens (tertiary/aromatic N) is 3. The van der Waals surface area contributed by atoms with E-state index >= 15 is 0 Å². The summed E-state index contributed by atoms with van der Waals surface area (Å²) >= 11 is 0. The van der Waals surface area contributed by atoms with E-state index in [0.29, 0.717) is 5.71 Å². The van der Waals surface area contributed by atoms with Gasteiger partial charge in [0.05, 0.1) is 11.3 Å². The smallest absolute Gasteiger partial charge is 0.416 e. The molecule has 0 saturated carbocycles. The summed E-state index contributed by atoms with van der Waals surface area (Å²) in [6.07, 6.45) is -2.43. The van der Waals surface area contributed by atoms with Gasteiger partial charge in [0.25, 0.3) is 0 Å². The molecule has 244 valence electrons. The zero-order valence-electron chi connectivity index (χ0n) is 24.5. The molecule has 1 atom stereocenters. The quantitative estimate of drug-likeness (QED) is 0.156. The van der Waals surface area contributed by atoms with E-state index < -0.39 is 40.5 Å². The van der Waals surface area contributed by atoms with Crippen molar-refractivity contribution in [3.63, 3.8) is 0 Å². The second-order valence-corrected chi connectivity index (χ2v) is 10.2. The maximum Gasteiger partial charge on any atom is 0.416 e. The number of rotatable bonds is 12.